The normalized spacial score (nSPS) is 31.5. The molecule has 3 unspecified atom stereocenters. The summed E-state index contributed by atoms with van der Waals surface area (Å²) < 4.78 is 0. The van der Waals surface area contributed by atoms with Crippen LogP contribution in [0.15, 0.2) is 0 Å². The predicted octanol–water partition coefficient (Wildman–Crippen LogP) is 2.17. The van der Waals surface area contributed by atoms with Crippen LogP contribution in [-0.2, 0) is 0 Å². The van der Waals surface area contributed by atoms with Crippen molar-refractivity contribution >= 4 is 0 Å². The molecule has 3 atom stereocenters. The minimum atomic E-state index is -0.225. The zero-order chi connectivity index (χ0) is 10.8. The molecule has 0 aromatic rings. The molecule has 1 aliphatic rings. The smallest absolute Gasteiger partial charge is 0.0741 e. The Bertz CT molecular complexity index is 174. The van der Waals surface area contributed by atoms with E-state index in [4.69, 9.17) is 0 Å². The molecule has 84 valence electrons. The summed E-state index contributed by atoms with van der Waals surface area (Å²) in [6, 6.07) is 0.300. The largest absolute Gasteiger partial charge is 0.391 e. The highest BCUT2D eigenvalue weighted by atomic mass is 16.3. The van der Waals surface area contributed by atoms with Gasteiger partial charge < -0.3 is 10.4 Å². The van der Waals surface area contributed by atoms with Crippen molar-refractivity contribution in [2.75, 3.05) is 6.54 Å². The van der Waals surface area contributed by atoms with Crippen LogP contribution in [0, 0.1) is 11.3 Å². The van der Waals surface area contributed by atoms with Crippen LogP contribution in [0.3, 0.4) is 0 Å². The van der Waals surface area contributed by atoms with Crippen LogP contribution in [0.4, 0.5) is 0 Å². The molecule has 0 radical (unpaired) electrons. The number of rotatable bonds is 2. The molecule has 1 fully saturated rings. The SMILES string of the molecule is CCC1CCNC(C(O)C(C)(C)C)C1. The van der Waals surface area contributed by atoms with Gasteiger partial charge in [0.05, 0.1) is 6.10 Å². The molecule has 0 aromatic heterocycles. The maximum atomic E-state index is 10.2. The molecule has 0 amide bonds. The molecular weight excluding hydrogens is 174 g/mol. The van der Waals surface area contributed by atoms with Gasteiger partial charge in [0.2, 0.25) is 0 Å². The van der Waals surface area contributed by atoms with Gasteiger partial charge in [-0.05, 0) is 30.7 Å². The second-order valence-corrected chi connectivity index (χ2v) is 5.67. The highest BCUT2D eigenvalue weighted by Crippen LogP contribution is 2.28. The fourth-order valence-corrected chi connectivity index (χ4v) is 2.25. The maximum absolute atomic E-state index is 10.2. The van der Waals surface area contributed by atoms with Crippen molar-refractivity contribution in [1.29, 1.82) is 0 Å². The molecular formula is C12H25NO. The maximum Gasteiger partial charge on any atom is 0.0741 e. The molecule has 0 aliphatic carbocycles. The van der Waals surface area contributed by atoms with E-state index in [1.54, 1.807) is 0 Å². The first-order valence-electron chi connectivity index (χ1n) is 5.86. The molecule has 1 saturated heterocycles. The standard InChI is InChI=1S/C12H25NO/c1-5-9-6-7-13-10(8-9)11(14)12(2,3)4/h9-11,13-14H,5-8H2,1-4H3. The quantitative estimate of drug-likeness (QED) is 0.714. The summed E-state index contributed by atoms with van der Waals surface area (Å²) in [7, 11) is 0. The van der Waals surface area contributed by atoms with Crippen LogP contribution >= 0.6 is 0 Å². The number of piperidine rings is 1. The number of hydrogen-bond donors (Lipinski definition) is 2. The van der Waals surface area contributed by atoms with Crippen LogP contribution in [0.2, 0.25) is 0 Å². The monoisotopic (exact) mass is 199 g/mol. The van der Waals surface area contributed by atoms with Gasteiger partial charge in [-0.3, -0.25) is 0 Å². The third kappa shape index (κ3) is 2.96. The van der Waals surface area contributed by atoms with Gasteiger partial charge in [0.1, 0.15) is 0 Å². The molecule has 1 aliphatic heterocycles. The van der Waals surface area contributed by atoms with Crippen molar-refractivity contribution in [1.82, 2.24) is 5.32 Å². The van der Waals surface area contributed by atoms with E-state index in [-0.39, 0.29) is 11.5 Å². The average molecular weight is 199 g/mol. The third-order valence-corrected chi connectivity index (χ3v) is 3.39. The highest BCUT2D eigenvalue weighted by molar-refractivity contribution is 4.89. The Morgan fingerprint density at radius 3 is 2.57 bits per heavy atom. The van der Waals surface area contributed by atoms with Crippen molar-refractivity contribution < 1.29 is 5.11 Å². The Labute approximate surface area is 88.1 Å². The number of aliphatic hydroxyl groups excluding tert-OH is 1. The third-order valence-electron chi connectivity index (χ3n) is 3.39. The second kappa shape index (κ2) is 4.63. The van der Waals surface area contributed by atoms with Crippen LogP contribution in [0.1, 0.15) is 47.0 Å². The van der Waals surface area contributed by atoms with E-state index in [2.05, 4.69) is 33.0 Å². The van der Waals surface area contributed by atoms with E-state index in [0.717, 1.165) is 18.9 Å². The van der Waals surface area contributed by atoms with Crippen LogP contribution in [0.25, 0.3) is 0 Å². The predicted molar refractivity (Wildman–Crippen MR) is 60.3 cm³/mol. The van der Waals surface area contributed by atoms with Crippen LogP contribution < -0.4 is 5.32 Å². The zero-order valence-electron chi connectivity index (χ0n) is 10.0. The van der Waals surface area contributed by atoms with E-state index < -0.39 is 0 Å². The summed E-state index contributed by atoms with van der Waals surface area (Å²) in [5.41, 5.74) is -0.00665. The summed E-state index contributed by atoms with van der Waals surface area (Å²) in [5.74, 6) is 0.804. The lowest BCUT2D eigenvalue weighted by Crippen LogP contribution is -2.50. The summed E-state index contributed by atoms with van der Waals surface area (Å²) in [6.07, 6.45) is 3.42. The minimum absolute atomic E-state index is 0.00665. The number of hydrogen-bond acceptors (Lipinski definition) is 2. The minimum Gasteiger partial charge on any atom is -0.391 e. The van der Waals surface area contributed by atoms with Gasteiger partial charge in [0.15, 0.2) is 0 Å². The average Bonchev–Trinajstić information content (AvgIpc) is 2.15. The fraction of sp³-hybridized carbons (Fsp3) is 1.00. The van der Waals surface area contributed by atoms with E-state index in [9.17, 15) is 5.11 Å². The van der Waals surface area contributed by atoms with Gasteiger partial charge in [-0.2, -0.15) is 0 Å². The molecule has 14 heavy (non-hydrogen) atoms. The first kappa shape index (κ1) is 12.0. The molecule has 0 bridgehead atoms. The molecule has 2 heteroatoms. The van der Waals surface area contributed by atoms with Gasteiger partial charge in [-0.15, -0.1) is 0 Å². The summed E-state index contributed by atoms with van der Waals surface area (Å²) >= 11 is 0. The highest BCUT2D eigenvalue weighted by Gasteiger charge is 2.33. The lowest BCUT2D eigenvalue weighted by Gasteiger charge is -2.38. The Kier molecular flexibility index (Phi) is 3.96. The topological polar surface area (TPSA) is 32.3 Å². The van der Waals surface area contributed by atoms with Gasteiger partial charge in [-0.1, -0.05) is 34.1 Å². The van der Waals surface area contributed by atoms with Crippen LogP contribution in [-0.4, -0.2) is 23.8 Å². The van der Waals surface area contributed by atoms with Gasteiger partial charge >= 0.3 is 0 Å². The first-order valence-corrected chi connectivity index (χ1v) is 5.86. The number of nitrogens with one attached hydrogen (secondary N) is 1. The van der Waals surface area contributed by atoms with Crippen molar-refractivity contribution in [3.63, 3.8) is 0 Å². The Morgan fingerprint density at radius 2 is 2.07 bits per heavy atom. The summed E-state index contributed by atoms with van der Waals surface area (Å²) in [6.45, 7) is 9.63. The van der Waals surface area contributed by atoms with Gasteiger partial charge in [-0.25, -0.2) is 0 Å². The van der Waals surface area contributed by atoms with Crippen molar-refractivity contribution in [2.45, 2.75) is 59.1 Å². The first-order chi connectivity index (χ1) is 6.45. The van der Waals surface area contributed by atoms with E-state index in [1.807, 2.05) is 0 Å². The molecule has 2 N–H and O–H groups in total. The lowest BCUT2D eigenvalue weighted by atomic mass is 9.79. The lowest BCUT2D eigenvalue weighted by molar-refractivity contribution is 0.0130. The fourth-order valence-electron chi connectivity index (χ4n) is 2.25. The number of aliphatic hydroxyl groups is 1. The van der Waals surface area contributed by atoms with Gasteiger partial charge in [0.25, 0.3) is 0 Å². The Hall–Kier alpha value is -0.0800. The molecule has 0 spiro atoms. The molecule has 2 nitrogen and oxygen atoms in total. The Morgan fingerprint density at radius 1 is 1.43 bits per heavy atom. The Balaban J connectivity index is 2.51. The van der Waals surface area contributed by atoms with Crippen LogP contribution in [0.5, 0.6) is 0 Å². The van der Waals surface area contributed by atoms with Crippen molar-refractivity contribution in [2.24, 2.45) is 11.3 Å². The zero-order valence-corrected chi connectivity index (χ0v) is 10.0. The second-order valence-electron chi connectivity index (χ2n) is 5.67. The van der Waals surface area contributed by atoms with E-state index in [1.165, 1.54) is 12.8 Å². The molecule has 0 aromatic carbocycles. The molecule has 1 rings (SSSR count). The molecule has 1 heterocycles. The van der Waals surface area contributed by atoms with Gasteiger partial charge in [0, 0.05) is 6.04 Å². The summed E-state index contributed by atoms with van der Waals surface area (Å²) in [5, 5.41) is 13.6. The summed E-state index contributed by atoms with van der Waals surface area (Å²) in [4.78, 5) is 0. The van der Waals surface area contributed by atoms with E-state index in [0.29, 0.717) is 6.04 Å². The van der Waals surface area contributed by atoms with Crippen molar-refractivity contribution in [3.8, 4) is 0 Å². The van der Waals surface area contributed by atoms with E-state index >= 15 is 0 Å². The molecule has 0 saturated carbocycles. The van der Waals surface area contributed by atoms with Crippen molar-refractivity contribution in [3.05, 3.63) is 0 Å².